The van der Waals surface area contributed by atoms with Crippen molar-refractivity contribution in [1.82, 2.24) is 14.3 Å². The lowest BCUT2D eigenvalue weighted by Crippen LogP contribution is -2.50. The van der Waals surface area contributed by atoms with E-state index >= 15 is 0 Å². The number of sulfonamides is 2. The predicted molar refractivity (Wildman–Crippen MR) is 155 cm³/mol. The van der Waals surface area contributed by atoms with Gasteiger partial charge in [0, 0.05) is 24.0 Å². The van der Waals surface area contributed by atoms with Crippen LogP contribution >= 0.6 is 0 Å². The number of hydrogen-bond donors (Lipinski definition) is 2. The Balaban J connectivity index is 1.38. The molecule has 1 aliphatic rings. The summed E-state index contributed by atoms with van der Waals surface area (Å²) in [4.78, 5) is 21.9. The number of carbonyl (C=O) groups excluding carboxylic acids is 1. The molecule has 1 aromatic heterocycles. The molecule has 212 valence electrons. The van der Waals surface area contributed by atoms with Gasteiger partial charge in [0.15, 0.2) is 0 Å². The Bertz CT molecular complexity index is 1800. The van der Waals surface area contributed by atoms with Gasteiger partial charge in [-0.05, 0) is 74.7 Å². The van der Waals surface area contributed by atoms with Gasteiger partial charge < -0.3 is 5.32 Å². The Kier molecular flexibility index (Phi) is 7.64. The van der Waals surface area contributed by atoms with Crippen LogP contribution in [0.5, 0.6) is 0 Å². The lowest BCUT2D eigenvalue weighted by atomic mass is 9.95. The Morgan fingerprint density at radius 1 is 0.829 bits per heavy atom. The molecule has 5 rings (SSSR count). The molecule has 1 amide bonds. The number of nitrogens with zero attached hydrogens (tertiary/aromatic N) is 3. The number of aromatic nitrogens is 2. The minimum absolute atomic E-state index is 0.0282. The molecule has 3 aromatic carbocycles. The van der Waals surface area contributed by atoms with Crippen LogP contribution in [-0.2, 0) is 37.8 Å². The SMILES string of the molecule is Cc1ccc(S(=O)(=O)N2Cc3ccccc3CC2C(=O)Nc2ccc(S(=O)(=O)Nc3cc(C)nc(C)n3)cc2)cc1. The second-order valence-electron chi connectivity index (χ2n) is 9.91. The van der Waals surface area contributed by atoms with Crippen LogP contribution in [0.3, 0.4) is 0 Å². The average Bonchev–Trinajstić information content (AvgIpc) is 2.92. The highest BCUT2D eigenvalue weighted by atomic mass is 32.2. The zero-order chi connectivity index (χ0) is 29.4. The van der Waals surface area contributed by atoms with Gasteiger partial charge in [0.1, 0.15) is 17.7 Å². The molecule has 10 nitrogen and oxygen atoms in total. The van der Waals surface area contributed by atoms with Gasteiger partial charge in [-0.15, -0.1) is 0 Å². The fraction of sp³-hybridized carbons (Fsp3) is 0.207. The number of nitrogens with one attached hydrogen (secondary N) is 2. The van der Waals surface area contributed by atoms with Crippen molar-refractivity contribution in [2.24, 2.45) is 0 Å². The van der Waals surface area contributed by atoms with Crippen LogP contribution in [0.25, 0.3) is 0 Å². The number of fused-ring (bicyclic) bond motifs is 1. The first-order chi connectivity index (χ1) is 19.4. The molecule has 41 heavy (non-hydrogen) atoms. The van der Waals surface area contributed by atoms with Crippen molar-refractivity contribution in [2.75, 3.05) is 10.0 Å². The summed E-state index contributed by atoms with van der Waals surface area (Å²) >= 11 is 0. The van der Waals surface area contributed by atoms with Crippen LogP contribution in [0.15, 0.2) is 88.7 Å². The topological polar surface area (TPSA) is 138 Å². The van der Waals surface area contributed by atoms with E-state index in [1.807, 2.05) is 31.2 Å². The monoisotopic (exact) mass is 591 g/mol. The van der Waals surface area contributed by atoms with Crippen molar-refractivity contribution in [3.05, 3.63) is 107 Å². The summed E-state index contributed by atoms with van der Waals surface area (Å²) in [6.45, 7) is 5.33. The van der Waals surface area contributed by atoms with E-state index in [2.05, 4.69) is 20.0 Å². The molecule has 1 atom stereocenters. The van der Waals surface area contributed by atoms with Crippen LogP contribution in [0.2, 0.25) is 0 Å². The third kappa shape index (κ3) is 6.14. The molecule has 4 aromatic rings. The van der Waals surface area contributed by atoms with E-state index in [0.29, 0.717) is 17.2 Å². The van der Waals surface area contributed by atoms with Crippen molar-refractivity contribution >= 4 is 37.5 Å². The van der Waals surface area contributed by atoms with Gasteiger partial charge in [-0.25, -0.2) is 26.8 Å². The largest absolute Gasteiger partial charge is 0.325 e. The van der Waals surface area contributed by atoms with E-state index in [4.69, 9.17) is 0 Å². The van der Waals surface area contributed by atoms with E-state index in [1.165, 1.54) is 46.8 Å². The van der Waals surface area contributed by atoms with Crippen LogP contribution in [0.4, 0.5) is 11.5 Å². The summed E-state index contributed by atoms with van der Waals surface area (Å²) in [5.74, 6) is 0.0697. The van der Waals surface area contributed by atoms with Crippen molar-refractivity contribution in [3.8, 4) is 0 Å². The normalized spacial score (nSPS) is 15.6. The Morgan fingerprint density at radius 2 is 1.46 bits per heavy atom. The number of aryl methyl sites for hydroxylation is 3. The molecule has 0 bridgehead atoms. The quantitative estimate of drug-likeness (QED) is 0.332. The zero-order valence-electron chi connectivity index (χ0n) is 22.7. The molecular weight excluding hydrogens is 562 g/mol. The molecule has 0 aliphatic carbocycles. The highest BCUT2D eigenvalue weighted by Gasteiger charge is 2.39. The lowest BCUT2D eigenvalue weighted by molar-refractivity contribution is -0.120. The van der Waals surface area contributed by atoms with Crippen molar-refractivity contribution in [2.45, 2.75) is 49.6 Å². The molecule has 0 saturated carbocycles. The van der Waals surface area contributed by atoms with E-state index in [0.717, 1.165) is 16.7 Å². The van der Waals surface area contributed by atoms with E-state index in [1.54, 1.807) is 26.0 Å². The summed E-state index contributed by atoms with van der Waals surface area (Å²) < 4.78 is 56.8. The predicted octanol–water partition coefficient (Wildman–Crippen LogP) is 3.96. The van der Waals surface area contributed by atoms with Gasteiger partial charge in [0.2, 0.25) is 15.9 Å². The molecule has 12 heteroatoms. The molecule has 1 unspecified atom stereocenters. The maximum Gasteiger partial charge on any atom is 0.263 e. The third-order valence-corrected chi connectivity index (χ3v) is 10.0. The highest BCUT2D eigenvalue weighted by Crippen LogP contribution is 2.30. The summed E-state index contributed by atoms with van der Waals surface area (Å²) in [5.41, 5.74) is 3.60. The third-order valence-electron chi connectivity index (χ3n) is 6.77. The Morgan fingerprint density at radius 3 is 2.12 bits per heavy atom. The van der Waals surface area contributed by atoms with Gasteiger partial charge >= 0.3 is 0 Å². The van der Waals surface area contributed by atoms with Gasteiger partial charge in [0.25, 0.3) is 10.0 Å². The molecule has 0 radical (unpaired) electrons. The minimum atomic E-state index is -4.00. The van der Waals surface area contributed by atoms with Crippen LogP contribution in [0, 0.1) is 20.8 Å². The molecular formula is C29H29N5O5S2. The fourth-order valence-corrected chi connectivity index (χ4v) is 7.29. The summed E-state index contributed by atoms with van der Waals surface area (Å²) in [6.07, 6.45) is 0.196. The van der Waals surface area contributed by atoms with Crippen molar-refractivity contribution in [1.29, 1.82) is 0 Å². The maximum atomic E-state index is 13.7. The van der Waals surface area contributed by atoms with Gasteiger partial charge in [-0.2, -0.15) is 4.31 Å². The standard InChI is InChI=1S/C29H29N5O5S2/c1-19-8-12-26(13-9-19)41(38,39)34-18-23-7-5-4-6-22(23)17-27(34)29(35)32-24-10-14-25(15-11-24)40(36,37)33-28-16-20(2)30-21(3)31-28/h4-16,27H,17-18H2,1-3H3,(H,32,35)(H,30,31,33). The van der Waals surface area contributed by atoms with Gasteiger partial charge in [0.05, 0.1) is 9.79 Å². The molecule has 2 N–H and O–H groups in total. The average molecular weight is 592 g/mol. The number of amides is 1. The number of hydrogen-bond acceptors (Lipinski definition) is 7. The van der Waals surface area contributed by atoms with E-state index in [-0.39, 0.29) is 28.6 Å². The smallest absolute Gasteiger partial charge is 0.263 e. The summed E-state index contributed by atoms with van der Waals surface area (Å²) in [7, 11) is -7.94. The van der Waals surface area contributed by atoms with E-state index < -0.39 is 32.0 Å². The number of rotatable bonds is 7. The summed E-state index contributed by atoms with van der Waals surface area (Å²) in [5, 5.41) is 2.77. The maximum absolute atomic E-state index is 13.7. The lowest BCUT2D eigenvalue weighted by Gasteiger charge is -2.35. The molecule has 0 saturated heterocycles. The number of anilines is 2. The second-order valence-corrected chi connectivity index (χ2v) is 13.5. The molecule has 0 fully saturated rings. The van der Waals surface area contributed by atoms with Crippen LogP contribution in [-0.4, -0.2) is 43.1 Å². The van der Waals surface area contributed by atoms with Crippen LogP contribution < -0.4 is 10.0 Å². The first-order valence-corrected chi connectivity index (χ1v) is 15.8. The highest BCUT2D eigenvalue weighted by molar-refractivity contribution is 7.92. The summed E-state index contributed by atoms with van der Waals surface area (Å²) in [6, 6.07) is 20.1. The first kappa shape index (κ1) is 28.4. The second kappa shape index (κ2) is 11.0. The van der Waals surface area contributed by atoms with Crippen LogP contribution in [0.1, 0.15) is 28.2 Å². The molecule has 0 spiro atoms. The first-order valence-electron chi connectivity index (χ1n) is 12.8. The molecule has 1 aliphatic heterocycles. The van der Waals surface area contributed by atoms with Crippen molar-refractivity contribution < 1.29 is 21.6 Å². The zero-order valence-corrected chi connectivity index (χ0v) is 24.3. The fourth-order valence-electron chi connectivity index (χ4n) is 4.73. The molecule has 2 heterocycles. The Hall–Kier alpha value is -4.13. The Labute approximate surface area is 239 Å². The van der Waals surface area contributed by atoms with Crippen molar-refractivity contribution in [3.63, 3.8) is 0 Å². The van der Waals surface area contributed by atoms with E-state index in [9.17, 15) is 21.6 Å². The number of carbonyl (C=O) groups is 1. The number of benzene rings is 3. The minimum Gasteiger partial charge on any atom is -0.325 e. The van der Waals surface area contributed by atoms with Gasteiger partial charge in [-0.3, -0.25) is 9.52 Å². The van der Waals surface area contributed by atoms with Gasteiger partial charge in [-0.1, -0.05) is 42.0 Å².